The predicted octanol–water partition coefficient (Wildman–Crippen LogP) is -1.72. The Morgan fingerprint density at radius 3 is 2.33 bits per heavy atom. The minimum absolute atomic E-state index is 0.201. The average Bonchev–Trinajstić information content (AvgIpc) is 2.11. The van der Waals surface area contributed by atoms with Crippen LogP contribution in [0.25, 0.3) is 0 Å². The lowest BCUT2D eigenvalue weighted by Crippen LogP contribution is -2.48. The molecule has 0 aromatic carbocycles. The van der Waals surface area contributed by atoms with Crippen LogP contribution >= 0.6 is 12.2 Å². The third kappa shape index (κ3) is 3.71. The Labute approximate surface area is 74.6 Å². The van der Waals surface area contributed by atoms with Gasteiger partial charge in [-0.2, -0.15) is 0 Å². The highest BCUT2D eigenvalue weighted by Crippen LogP contribution is 1.70. The molecule has 3 N–H and O–H groups in total. The van der Waals surface area contributed by atoms with Crippen molar-refractivity contribution in [2.75, 3.05) is 14.2 Å². The molecule has 0 spiro atoms. The maximum absolute atomic E-state index is 10.7. The number of thiocarbonyl (C=S) groups is 1. The van der Waals surface area contributed by atoms with Gasteiger partial charge in [0.15, 0.2) is 5.11 Å². The van der Waals surface area contributed by atoms with Gasteiger partial charge >= 0.3 is 11.9 Å². The van der Waals surface area contributed by atoms with Gasteiger partial charge in [0.05, 0.1) is 7.11 Å². The summed E-state index contributed by atoms with van der Waals surface area (Å²) < 4.78 is 4.12. The molecule has 0 atom stereocenters. The van der Waals surface area contributed by atoms with Crippen LogP contribution in [0.3, 0.4) is 0 Å². The summed E-state index contributed by atoms with van der Waals surface area (Å²) >= 11 is 4.61. The Morgan fingerprint density at radius 1 is 1.33 bits per heavy atom. The van der Waals surface area contributed by atoms with Crippen molar-refractivity contribution < 1.29 is 14.3 Å². The van der Waals surface area contributed by atoms with E-state index in [-0.39, 0.29) is 5.11 Å². The number of nitrogens with one attached hydrogen (secondary N) is 3. The third-order valence-electron chi connectivity index (χ3n) is 0.887. The van der Waals surface area contributed by atoms with E-state index in [9.17, 15) is 9.59 Å². The molecule has 0 fully saturated rings. The van der Waals surface area contributed by atoms with Gasteiger partial charge in [0.2, 0.25) is 0 Å². The van der Waals surface area contributed by atoms with Gasteiger partial charge in [-0.3, -0.25) is 15.6 Å². The summed E-state index contributed by atoms with van der Waals surface area (Å²) in [5.41, 5.74) is 4.28. The fraction of sp³-hybridized carbons (Fsp3) is 0.400. The molecule has 0 aliphatic heterocycles. The van der Waals surface area contributed by atoms with Crippen molar-refractivity contribution in [1.29, 1.82) is 0 Å². The van der Waals surface area contributed by atoms with Crippen molar-refractivity contribution in [2.45, 2.75) is 0 Å². The van der Waals surface area contributed by atoms with E-state index in [0.717, 1.165) is 7.11 Å². The molecular weight excluding hydrogens is 182 g/mol. The molecular formula is C5H9N3O3S. The topological polar surface area (TPSA) is 79.5 Å². The fourth-order valence-corrected chi connectivity index (χ4v) is 0.371. The first-order valence-corrected chi connectivity index (χ1v) is 3.38. The number of methoxy groups -OCH3 is 1. The van der Waals surface area contributed by atoms with Crippen molar-refractivity contribution in [2.24, 2.45) is 0 Å². The van der Waals surface area contributed by atoms with Crippen molar-refractivity contribution >= 4 is 29.2 Å². The second-order valence-electron chi connectivity index (χ2n) is 1.65. The SMILES string of the molecule is CNC(=S)NNC(=O)C(=O)OC. The summed E-state index contributed by atoms with van der Waals surface area (Å²) in [5, 5.41) is 2.73. The van der Waals surface area contributed by atoms with Crippen LogP contribution in [0, 0.1) is 0 Å². The van der Waals surface area contributed by atoms with E-state index in [2.05, 4.69) is 27.7 Å². The molecule has 0 saturated heterocycles. The second-order valence-corrected chi connectivity index (χ2v) is 2.06. The number of hydrogen-bond acceptors (Lipinski definition) is 4. The number of esters is 1. The van der Waals surface area contributed by atoms with Crippen molar-refractivity contribution in [3.05, 3.63) is 0 Å². The van der Waals surface area contributed by atoms with E-state index >= 15 is 0 Å². The largest absolute Gasteiger partial charge is 0.462 e. The molecule has 0 radical (unpaired) electrons. The minimum atomic E-state index is -0.985. The number of carbonyl (C=O) groups excluding carboxylic acids is 2. The zero-order valence-electron chi connectivity index (χ0n) is 6.63. The molecule has 1 amide bonds. The van der Waals surface area contributed by atoms with Crippen molar-refractivity contribution in [3.8, 4) is 0 Å². The predicted molar refractivity (Wildman–Crippen MR) is 45.0 cm³/mol. The lowest BCUT2D eigenvalue weighted by atomic mass is 10.6. The number of rotatable bonds is 0. The first kappa shape index (κ1) is 10.6. The van der Waals surface area contributed by atoms with Crippen LogP contribution < -0.4 is 16.2 Å². The normalized spacial score (nSPS) is 8.17. The van der Waals surface area contributed by atoms with Crippen LogP contribution in [0.5, 0.6) is 0 Å². The maximum Gasteiger partial charge on any atom is 0.398 e. The number of amides is 1. The van der Waals surface area contributed by atoms with Gasteiger partial charge in [0.25, 0.3) is 0 Å². The highest BCUT2D eigenvalue weighted by atomic mass is 32.1. The molecule has 0 rings (SSSR count). The average molecular weight is 191 g/mol. The lowest BCUT2D eigenvalue weighted by molar-refractivity contribution is -0.152. The Bertz CT molecular complexity index is 206. The van der Waals surface area contributed by atoms with Crippen LogP contribution in [0.15, 0.2) is 0 Å². The molecule has 0 bridgehead atoms. The van der Waals surface area contributed by atoms with Crippen LogP contribution in [-0.4, -0.2) is 31.1 Å². The van der Waals surface area contributed by atoms with E-state index in [0.29, 0.717) is 0 Å². The van der Waals surface area contributed by atoms with Crippen LogP contribution in [0.2, 0.25) is 0 Å². The number of ether oxygens (including phenoxy) is 1. The van der Waals surface area contributed by atoms with Gasteiger partial charge in [-0.05, 0) is 12.2 Å². The molecule has 0 saturated carbocycles. The Hall–Kier alpha value is -1.37. The van der Waals surface area contributed by atoms with E-state index in [4.69, 9.17) is 0 Å². The maximum atomic E-state index is 10.7. The summed E-state index contributed by atoms with van der Waals surface area (Å²) in [4.78, 5) is 21.1. The van der Waals surface area contributed by atoms with Crippen LogP contribution in [0.4, 0.5) is 0 Å². The second kappa shape index (κ2) is 5.30. The summed E-state index contributed by atoms with van der Waals surface area (Å²) in [6.45, 7) is 0. The molecule has 0 aromatic rings. The summed E-state index contributed by atoms with van der Waals surface area (Å²) in [6.07, 6.45) is 0. The molecule has 68 valence electrons. The molecule has 0 aliphatic carbocycles. The minimum Gasteiger partial charge on any atom is -0.462 e. The highest BCUT2D eigenvalue weighted by Gasteiger charge is 2.12. The van der Waals surface area contributed by atoms with E-state index < -0.39 is 11.9 Å². The monoisotopic (exact) mass is 191 g/mol. The zero-order valence-corrected chi connectivity index (χ0v) is 7.45. The van der Waals surface area contributed by atoms with E-state index in [1.165, 1.54) is 0 Å². The number of carbonyl (C=O) groups is 2. The molecule has 7 heteroatoms. The summed E-state index contributed by atoms with van der Waals surface area (Å²) in [5.74, 6) is -1.89. The molecule has 0 unspecified atom stereocenters. The Kier molecular flexibility index (Phi) is 4.70. The Balaban J connectivity index is 3.72. The van der Waals surface area contributed by atoms with Crippen molar-refractivity contribution in [3.63, 3.8) is 0 Å². The molecule has 12 heavy (non-hydrogen) atoms. The highest BCUT2D eigenvalue weighted by molar-refractivity contribution is 7.80. The third-order valence-corrected chi connectivity index (χ3v) is 1.19. The number of hydrazine groups is 1. The first-order chi connectivity index (χ1) is 5.61. The first-order valence-electron chi connectivity index (χ1n) is 2.97. The van der Waals surface area contributed by atoms with Gasteiger partial charge in [-0.15, -0.1) is 0 Å². The van der Waals surface area contributed by atoms with Gasteiger partial charge < -0.3 is 10.1 Å². The van der Waals surface area contributed by atoms with E-state index in [1.807, 2.05) is 5.43 Å². The van der Waals surface area contributed by atoms with Crippen LogP contribution in [-0.2, 0) is 14.3 Å². The lowest BCUT2D eigenvalue weighted by Gasteiger charge is -2.06. The summed E-state index contributed by atoms with van der Waals surface area (Å²) in [6, 6.07) is 0. The van der Waals surface area contributed by atoms with E-state index in [1.54, 1.807) is 7.05 Å². The smallest absolute Gasteiger partial charge is 0.398 e. The molecule has 0 heterocycles. The van der Waals surface area contributed by atoms with Gasteiger partial charge in [-0.25, -0.2) is 4.79 Å². The molecule has 0 aliphatic rings. The van der Waals surface area contributed by atoms with Gasteiger partial charge in [-0.1, -0.05) is 0 Å². The quantitative estimate of drug-likeness (QED) is 0.183. The molecule has 0 aromatic heterocycles. The fourth-order valence-electron chi connectivity index (χ4n) is 0.320. The standard InChI is InChI=1S/C5H9N3O3S/c1-6-5(12)8-7-3(9)4(10)11-2/h1-2H3,(H,7,9)(H2,6,8,12). The number of hydrogen-bond donors (Lipinski definition) is 3. The molecule has 6 nitrogen and oxygen atoms in total. The van der Waals surface area contributed by atoms with Gasteiger partial charge in [0.1, 0.15) is 0 Å². The van der Waals surface area contributed by atoms with Crippen LogP contribution in [0.1, 0.15) is 0 Å². The summed E-state index contributed by atoms with van der Waals surface area (Å²) in [7, 11) is 2.68. The Morgan fingerprint density at radius 2 is 1.92 bits per heavy atom. The van der Waals surface area contributed by atoms with Gasteiger partial charge in [0, 0.05) is 7.05 Å². The van der Waals surface area contributed by atoms with Crippen molar-refractivity contribution in [1.82, 2.24) is 16.2 Å². The zero-order chi connectivity index (χ0) is 9.56.